The number of halogens is 3. The molecule has 2 N–H and O–H groups in total. The maximum absolute atomic E-state index is 12.8. The SMILES string of the molecule is NC1CCCCC1C1CCC1c1cccc(C(F)(F)F)c1. The molecular formula is C17H22F3N. The first-order valence-electron chi connectivity index (χ1n) is 7.89. The molecule has 0 heterocycles. The fourth-order valence-electron chi connectivity index (χ4n) is 4.12. The van der Waals surface area contributed by atoms with Gasteiger partial charge in [0.25, 0.3) is 0 Å². The van der Waals surface area contributed by atoms with Crippen LogP contribution in [-0.2, 0) is 6.18 Å². The van der Waals surface area contributed by atoms with Gasteiger partial charge in [-0.25, -0.2) is 0 Å². The van der Waals surface area contributed by atoms with Crippen molar-refractivity contribution in [3.8, 4) is 0 Å². The third kappa shape index (κ3) is 2.96. The van der Waals surface area contributed by atoms with E-state index in [1.807, 2.05) is 6.07 Å². The minimum absolute atomic E-state index is 0.234. The van der Waals surface area contributed by atoms with E-state index in [9.17, 15) is 13.2 Å². The number of nitrogens with two attached hydrogens (primary N) is 1. The van der Waals surface area contributed by atoms with Crippen LogP contribution in [0.25, 0.3) is 0 Å². The van der Waals surface area contributed by atoms with Gasteiger partial charge in [-0.3, -0.25) is 0 Å². The first-order valence-corrected chi connectivity index (χ1v) is 7.89. The molecular weight excluding hydrogens is 275 g/mol. The number of alkyl halides is 3. The predicted octanol–water partition coefficient (Wildman–Crippen LogP) is 4.72. The molecule has 4 unspecified atom stereocenters. The van der Waals surface area contributed by atoms with Crippen LogP contribution < -0.4 is 5.73 Å². The van der Waals surface area contributed by atoms with Crippen LogP contribution >= 0.6 is 0 Å². The lowest BCUT2D eigenvalue weighted by Crippen LogP contribution is -2.43. The highest BCUT2D eigenvalue weighted by Crippen LogP contribution is 2.50. The van der Waals surface area contributed by atoms with Gasteiger partial charge >= 0.3 is 6.18 Å². The molecule has 4 heteroatoms. The molecule has 1 aromatic carbocycles. The van der Waals surface area contributed by atoms with Gasteiger partial charge in [0.05, 0.1) is 5.56 Å². The van der Waals surface area contributed by atoms with Crippen molar-refractivity contribution >= 4 is 0 Å². The van der Waals surface area contributed by atoms with Gasteiger partial charge in [-0.2, -0.15) is 13.2 Å². The molecule has 4 atom stereocenters. The first-order chi connectivity index (χ1) is 9.97. The summed E-state index contributed by atoms with van der Waals surface area (Å²) in [5, 5.41) is 0. The standard InChI is InChI=1S/C17H22F3N/c18-17(19,20)12-5-3-4-11(10-12)13-8-9-14(13)15-6-1-2-7-16(15)21/h3-5,10,13-16H,1-2,6-9,21H2. The van der Waals surface area contributed by atoms with Crippen molar-refractivity contribution in [3.63, 3.8) is 0 Å². The fraction of sp³-hybridized carbons (Fsp3) is 0.647. The maximum atomic E-state index is 12.8. The zero-order chi connectivity index (χ0) is 15.0. The summed E-state index contributed by atoms with van der Waals surface area (Å²) in [5.41, 5.74) is 6.57. The average molecular weight is 297 g/mol. The van der Waals surface area contributed by atoms with Gasteiger partial charge in [-0.05, 0) is 55.1 Å². The molecule has 21 heavy (non-hydrogen) atoms. The molecule has 0 radical (unpaired) electrons. The van der Waals surface area contributed by atoms with Gasteiger partial charge in [0, 0.05) is 6.04 Å². The summed E-state index contributed by atoms with van der Waals surface area (Å²) in [6, 6.07) is 6.11. The molecule has 0 amide bonds. The molecule has 116 valence electrons. The number of hydrogen-bond acceptors (Lipinski definition) is 1. The first kappa shape index (κ1) is 14.9. The lowest BCUT2D eigenvalue weighted by atomic mass is 9.60. The Bertz CT molecular complexity index is 497. The zero-order valence-electron chi connectivity index (χ0n) is 12.1. The molecule has 0 spiro atoms. The largest absolute Gasteiger partial charge is 0.416 e. The van der Waals surface area contributed by atoms with Crippen LogP contribution in [-0.4, -0.2) is 6.04 Å². The van der Waals surface area contributed by atoms with Crippen LogP contribution in [0.2, 0.25) is 0 Å². The lowest BCUT2D eigenvalue weighted by Gasteiger charge is -2.46. The average Bonchev–Trinajstić information content (AvgIpc) is 2.39. The van der Waals surface area contributed by atoms with E-state index >= 15 is 0 Å². The summed E-state index contributed by atoms with van der Waals surface area (Å²) in [7, 11) is 0. The van der Waals surface area contributed by atoms with Crippen molar-refractivity contribution < 1.29 is 13.2 Å². The smallest absolute Gasteiger partial charge is 0.327 e. The Labute approximate surface area is 123 Å². The van der Waals surface area contributed by atoms with Crippen molar-refractivity contribution in [2.24, 2.45) is 17.6 Å². The molecule has 0 saturated heterocycles. The third-order valence-corrected chi connectivity index (χ3v) is 5.39. The van der Waals surface area contributed by atoms with Crippen LogP contribution in [0, 0.1) is 11.8 Å². The van der Waals surface area contributed by atoms with E-state index in [0.29, 0.717) is 11.8 Å². The molecule has 2 aliphatic carbocycles. The van der Waals surface area contributed by atoms with Crippen molar-refractivity contribution in [1.82, 2.24) is 0 Å². The van der Waals surface area contributed by atoms with E-state index in [-0.39, 0.29) is 12.0 Å². The van der Waals surface area contributed by atoms with E-state index in [0.717, 1.165) is 37.3 Å². The van der Waals surface area contributed by atoms with Gasteiger partial charge in [-0.1, -0.05) is 31.0 Å². The maximum Gasteiger partial charge on any atom is 0.416 e. The van der Waals surface area contributed by atoms with Crippen molar-refractivity contribution in [2.75, 3.05) is 0 Å². The van der Waals surface area contributed by atoms with Crippen molar-refractivity contribution in [1.29, 1.82) is 0 Å². The van der Waals surface area contributed by atoms with Gasteiger partial charge < -0.3 is 5.73 Å². The molecule has 1 nitrogen and oxygen atoms in total. The normalized spacial score (nSPS) is 33.5. The third-order valence-electron chi connectivity index (χ3n) is 5.39. The van der Waals surface area contributed by atoms with Crippen molar-refractivity contribution in [3.05, 3.63) is 35.4 Å². The van der Waals surface area contributed by atoms with Crippen LogP contribution in [0.4, 0.5) is 13.2 Å². The summed E-state index contributed by atoms with van der Waals surface area (Å²) in [4.78, 5) is 0. The van der Waals surface area contributed by atoms with E-state index in [2.05, 4.69) is 0 Å². The summed E-state index contributed by atoms with van der Waals surface area (Å²) in [5.74, 6) is 1.23. The molecule has 1 aromatic rings. The quantitative estimate of drug-likeness (QED) is 0.840. The Kier molecular flexibility index (Phi) is 4.00. The second-order valence-electron chi connectivity index (χ2n) is 6.58. The monoisotopic (exact) mass is 297 g/mol. The Morgan fingerprint density at radius 2 is 1.71 bits per heavy atom. The summed E-state index contributed by atoms with van der Waals surface area (Å²) in [6.07, 6.45) is 2.46. The van der Waals surface area contributed by atoms with Crippen LogP contribution in [0.5, 0.6) is 0 Å². The van der Waals surface area contributed by atoms with Crippen LogP contribution in [0.1, 0.15) is 55.6 Å². The number of benzene rings is 1. The minimum atomic E-state index is -4.25. The predicted molar refractivity (Wildman–Crippen MR) is 76.8 cm³/mol. The number of hydrogen-bond donors (Lipinski definition) is 1. The molecule has 0 aromatic heterocycles. The van der Waals surface area contributed by atoms with E-state index in [1.54, 1.807) is 0 Å². The number of rotatable bonds is 2. The van der Waals surface area contributed by atoms with Crippen LogP contribution in [0.15, 0.2) is 24.3 Å². The van der Waals surface area contributed by atoms with Gasteiger partial charge in [0.15, 0.2) is 0 Å². The van der Waals surface area contributed by atoms with Gasteiger partial charge in [0.1, 0.15) is 0 Å². The second-order valence-corrected chi connectivity index (χ2v) is 6.58. The Balaban J connectivity index is 1.78. The second kappa shape index (κ2) is 5.64. The molecule has 2 saturated carbocycles. The summed E-state index contributed by atoms with van der Waals surface area (Å²) >= 11 is 0. The molecule has 0 bridgehead atoms. The topological polar surface area (TPSA) is 26.0 Å². The highest BCUT2D eigenvalue weighted by Gasteiger charge is 2.41. The lowest BCUT2D eigenvalue weighted by molar-refractivity contribution is -0.137. The zero-order valence-corrected chi connectivity index (χ0v) is 12.1. The minimum Gasteiger partial charge on any atom is -0.327 e. The Hall–Kier alpha value is -1.03. The highest BCUT2D eigenvalue weighted by molar-refractivity contribution is 5.30. The van der Waals surface area contributed by atoms with E-state index in [4.69, 9.17) is 5.73 Å². The highest BCUT2D eigenvalue weighted by atomic mass is 19.4. The summed E-state index contributed by atoms with van der Waals surface area (Å²) in [6.45, 7) is 0. The van der Waals surface area contributed by atoms with Crippen molar-refractivity contribution in [2.45, 2.75) is 56.7 Å². The van der Waals surface area contributed by atoms with Gasteiger partial charge in [0.2, 0.25) is 0 Å². The fourth-order valence-corrected chi connectivity index (χ4v) is 4.12. The Morgan fingerprint density at radius 3 is 2.33 bits per heavy atom. The molecule has 3 rings (SSSR count). The molecule has 2 fully saturated rings. The Morgan fingerprint density at radius 1 is 0.952 bits per heavy atom. The van der Waals surface area contributed by atoms with Crippen LogP contribution in [0.3, 0.4) is 0 Å². The van der Waals surface area contributed by atoms with Gasteiger partial charge in [-0.15, -0.1) is 0 Å². The summed E-state index contributed by atoms with van der Waals surface area (Å²) < 4.78 is 38.5. The molecule has 0 aliphatic heterocycles. The van der Waals surface area contributed by atoms with E-state index < -0.39 is 11.7 Å². The molecule has 2 aliphatic rings. The van der Waals surface area contributed by atoms with E-state index in [1.165, 1.54) is 25.0 Å².